The van der Waals surface area contributed by atoms with Crippen LogP contribution >= 0.6 is 0 Å². The highest BCUT2D eigenvalue weighted by Gasteiger charge is 2.53. The Balaban J connectivity index is 2.34. The summed E-state index contributed by atoms with van der Waals surface area (Å²) in [6, 6.07) is -1.74. The van der Waals surface area contributed by atoms with Gasteiger partial charge in [-0.25, -0.2) is 13.1 Å². The molecule has 15 nitrogen and oxygen atoms in total. The van der Waals surface area contributed by atoms with Crippen LogP contribution in [-0.4, -0.2) is 119 Å². The van der Waals surface area contributed by atoms with E-state index in [2.05, 4.69) is 0 Å². The molecule has 2 rings (SSSR count). The lowest BCUT2D eigenvalue weighted by Crippen LogP contribution is -2.69. The lowest BCUT2D eigenvalue weighted by molar-refractivity contribution is -0.374. The molecule has 0 aromatic carbocycles. The van der Waals surface area contributed by atoms with E-state index in [1.165, 1.54) is 0 Å². The van der Waals surface area contributed by atoms with Crippen molar-refractivity contribution >= 4 is 16.3 Å². The van der Waals surface area contributed by atoms with Gasteiger partial charge in [-0.15, -0.1) is 0 Å². The van der Waals surface area contributed by atoms with Crippen molar-refractivity contribution in [3.63, 3.8) is 0 Å². The molecule has 0 radical (unpaired) electrons. The Hall–Kier alpha value is -1.02. The summed E-state index contributed by atoms with van der Waals surface area (Å²) in [6.07, 6.45) is -15.8. The van der Waals surface area contributed by atoms with Gasteiger partial charge in [0.25, 0.3) is 0 Å². The molecule has 0 bridgehead atoms. The third-order valence-corrected chi connectivity index (χ3v) is 5.72. The van der Waals surface area contributed by atoms with Crippen LogP contribution in [0, 0.1) is 0 Å². The molecule has 5 N–H and O–H groups in total. The van der Waals surface area contributed by atoms with Crippen molar-refractivity contribution in [3.8, 4) is 0 Å². The predicted molar refractivity (Wildman–Crippen MR) is 114 cm³/mol. The topological polar surface area (TPSA) is 236 Å². The molecule has 0 saturated carbocycles. The highest BCUT2D eigenvalue weighted by atomic mass is 32.2. The molecule has 0 aromatic heterocycles. The molecule has 0 aromatic rings. The molecule has 0 spiro atoms. The van der Waals surface area contributed by atoms with Crippen molar-refractivity contribution < 1.29 is 67.0 Å². The van der Waals surface area contributed by atoms with Gasteiger partial charge in [0.05, 0.1) is 23.8 Å². The van der Waals surface area contributed by atoms with Crippen LogP contribution in [0.5, 0.6) is 0 Å². The fourth-order valence-electron chi connectivity index (χ4n) is 3.81. The van der Waals surface area contributed by atoms with E-state index < -0.39 is 95.4 Å². The molecule has 212 valence electrons. The van der Waals surface area contributed by atoms with Gasteiger partial charge in [-0.1, -0.05) is 0 Å². The zero-order valence-corrected chi connectivity index (χ0v) is 21.6. The summed E-state index contributed by atoms with van der Waals surface area (Å²) in [5.41, 5.74) is -1.89. The van der Waals surface area contributed by atoms with Crippen LogP contribution in [0.15, 0.2) is 0 Å². The molecule has 2 aliphatic rings. The Labute approximate surface area is 209 Å². The van der Waals surface area contributed by atoms with E-state index in [-0.39, 0.29) is 0 Å². The number of carbonyl (C=O) groups is 1. The van der Waals surface area contributed by atoms with Crippen LogP contribution in [0.4, 0.5) is 0 Å². The molecule has 16 heteroatoms. The number of carbonyl (C=O) groups excluding carboxylic acids is 1. The number of hydrogen-bond acceptors (Lipinski definition) is 14. The number of rotatable bonds is 8. The normalized spacial score (nSPS) is 38.6. The lowest BCUT2D eigenvalue weighted by Gasteiger charge is -2.49. The minimum absolute atomic E-state index is 0.812. The van der Waals surface area contributed by atoms with E-state index in [0.717, 1.165) is 0 Å². The average Bonchev–Trinajstić information content (AvgIpc) is 2.68. The molecular formula is C20H35NO14S-2. The summed E-state index contributed by atoms with van der Waals surface area (Å²) in [4.78, 5) is 11.7. The lowest BCUT2D eigenvalue weighted by atomic mass is 9.95. The van der Waals surface area contributed by atoms with E-state index in [1.54, 1.807) is 46.3 Å². The van der Waals surface area contributed by atoms with Gasteiger partial charge < -0.3 is 58.6 Å². The van der Waals surface area contributed by atoms with Gasteiger partial charge in [0.15, 0.2) is 22.9 Å². The van der Waals surface area contributed by atoms with E-state index in [0.29, 0.717) is 0 Å². The zero-order valence-electron chi connectivity index (χ0n) is 20.8. The minimum atomic E-state index is -5.15. The second kappa shape index (κ2) is 11.4. The molecule has 0 aliphatic carbocycles. The molecule has 2 fully saturated rings. The molecule has 4 unspecified atom stereocenters. The molecule has 2 heterocycles. The number of carboxylic acids is 1. The monoisotopic (exact) mass is 545 g/mol. The van der Waals surface area contributed by atoms with Crippen LogP contribution in [-0.2, 0) is 38.8 Å². The Kier molecular flexibility index (Phi) is 9.87. The second-order valence-electron chi connectivity index (χ2n) is 10.6. The van der Waals surface area contributed by atoms with Gasteiger partial charge in [-0.2, -0.15) is 0 Å². The fourth-order valence-corrected chi connectivity index (χ4v) is 4.39. The first kappa shape index (κ1) is 31.2. The maximum absolute atomic E-state index is 11.7. The van der Waals surface area contributed by atoms with Crippen molar-refractivity contribution in [2.45, 2.75) is 114 Å². The van der Waals surface area contributed by atoms with Gasteiger partial charge in [0.2, 0.25) is 0 Å². The van der Waals surface area contributed by atoms with Crippen molar-refractivity contribution in [2.24, 2.45) is 0 Å². The van der Waals surface area contributed by atoms with Gasteiger partial charge in [0, 0.05) is 0 Å². The Morgan fingerprint density at radius 2 is 1.47 bits per heavy atom. The van der Waals surface area contributed by atoms with Crippen LogP contribution in [0.1, 0.15) is 41.5 Å². The molecular weight excluding hydrogens is 510 g/mol. The number of aliphatic hydroxyl groups is 4. The third kappa shape index (κ3) is 8.24. The molecule has 10 atom stereocenters. The van der Waals surface area contributed by atoms with Gasteiger partial charge in [-0.3, -0.25) is 0 Å². The third-order valence-electron chi connectivity index (χ3n) is 5.16. The van der Waals surface area contributed by atoms with Crippen molar-refractivity contribution in [2.75, 3.05) is 6.61 Å². The van der Waals surface area contributed by atoms with Gasteiger partial charge >= 0.3 is 0 Å². The van der Waals surface area contributed by atoms with E-state index >= 15 is 0 Å². The number of ether oxygens (including phenoxy) is 5. The Morgan fingerprint density at radius 1 is 0.917 bits per heavy atom. The van der Waals surface area contributed by atoms with Crippen molar-refractivity contribution in [3.05, 3.63) is 0 Å². The predicted octanol–water partition coefficient (Wildman–Crippen LogP) is -3.94. The molecule has 36 heavy (non-hydrogen) atoms. The van der Waals surface area contributed by atoms with Gasteiger partial charge in [0.1, 0.15) is 48.8 Å². The molecule has 2 aliphatic heterocycles. The molecule has 2 saturated heterocycles. The van der Waals surface area contributed by atoms with E-state index in [1.807, 2.05) is 0 Å². The van der Waals surface area contributed by atoms with E-state index in [4.69, 9.17) is 23.7 Å². The van der Waals surface area contributed by atoms with Crippen LogP contribution in [0.25, 0.3) is 0 Å². The standard InChI is InChI=1S/C20H37NO14S/c1-19(2,3)34-14-11(24)12(25)18(33-15(14)16(26)27)32-13-8(7-22)31-17(35-20(4,5)6)9(10(13)23)21-36(28,29)30/h8-15,17-18,21-25H,7H2,1-6H3,(H,26,27)(H,28,29,30)/p-2/t8?,9?,10-,11-,12?,13+,14-,15?,17+,18+/m0/s1. The molecule has 0 amide bonds. The highest BCUT2D eigenvalue weighted by Crippen LogP contribution is 2.32. The maximum Gasteiger partial charge on any atom is 0.187 e. The number of aliphatic hydroxyl groups excluding tert-OH is 4. The maximum atomic E-state index is 11.7. The summed E-state index contributed by atoms with van der Waals surface area (Å²) in [5.74, 6) is -1.79. The zero-order chi connectivity index (χ0) is 27.8. The minimum Gasteiger partial charge on any atom is -0.735 e. The smallest absolute Gasteiger partial charge is 0.187 e. The SMILES string of the molecule is CC(C)(C)O[C@H]1OC(CO)[C@@H](O[C@@H]2OC(C(=O)[O-])[C@@H](OC(C)(C)C)[C@@H](O)C2O)[C@@H](O)C1NS(=O)(=O)[O-]. The number of nitrogens with one attached hydrogen (secondary N) is 1. The quantitative estimate of drug-likeness (QED) is 0.183. The van der Waals surface area contributed by atoms with Crippen molar-refractivity contribution in [1.82, 2.24) is 4.72 Å². The average molecular weight is 546 g/mol. The summed E-state index contributed by atoms with van der Waals surface area (Å²) < 4.78 is 63.3. The van der Waals surface area contributed by atoms with Crippen molar-refractivity contribution in [1.29, 1.82) is 0 Å². The summed E-state index contributed by atoms with van der Waals surface area (Å²) in [7, 11) is -5.15. The first-order valence-corrected chi connectivity index (χ1v) is 12.6. The summed E-state index contributed by atoms with van der Waals surface area (Å²) >= 11 is 0. The highest BCUT2D eigenvalue weighted by molar-refractivity contribution is 7.83. The van der Waals surface area contributed by atoms with E-state index in [9.17, 15) is 43.3 Å². The number of aliphatic carboxylic acids is 1. The van der Waals surface area contributed by atoms with Crippen LogP contribution in [0.3, 0.4) is 0 Å². The first-order valence-electron chi connectivity index (χ1n) is 11.1. The Morgan fingerprint density at radius 3 is 1.92 bits per heavy atom. The summed E-state index contributed by atoms with van der Waals surface area (Å²) in [6.45, 7) is 8.69. The largest absolute Gasteiger partial charge is 0.735 e. The van der Waals surface area contributed by atoms with Gasteiger partial charge in [-0.05, 0) is 41.5 Å². The first-order chi connectivity index (χ1) is 16.2. The number of hydrogen-bond donors (Lipinski definition) is 5. The van der Waals surface area contributed by atoms with Crippen LogP contribution < -0.4 is 9.83 Å². The van der Waals surface area contributed by atoms with Crippen LogP contribution in [0.2, 0.25) is 0 Å². The Bertz CT molecular complexity index is 855. The fraction of sp³-hybridized carbons (Fsp3) is 0.950. The number of carboxylic acid groups (broad SMARTS) is 1. The summed E-state index contributed by atoms with van der Waals surface area (Å²) in [5, 5.41) is 53.6. The second-order valence-corrected chi connectivity index (χ2v) is 11.7.